The number of rotatable bonds is 7. The molecule has 0 saturated carbocycles. The third-order valence-corrected chi connectivity index (χ3v) is 6.09. The Hall–Kier alpha value is -2.84. The Balaban J connectivity index is 1.98. The molecule has 0 aliphatic rings. The second-order valence-electron chi connectivity index (χ2n) is 7.66. The summed E-state index contributed by atoms with van der Waals surface area (Å²) < 4.78 is 6.34. The van der Waals surface area contributed by atoms with Crippen molar-refractivity contribution < 1.29 is 14.3 Å². The van der Waals surface area contributed by atoms with E-state index in [4.69, 9.17) is 16.3 Å². The van der Waals surface area contributed by atoms with Crippen molar-refractivity contribution in [3.05, 3.63) is 63.4 Å². The molecule has 1 atom stereocenters. The molecule has 0 spiro atoms. The number of methoxy groups -OCH3 is 1. The number of fused-ring (bicyclic) bond motifs is 1. The minimum absolute atomic E-state index is 0.188. The number of hydrogen-bond donors (Lipinski definition) is 1. The molecular formula is C23H24ClN3O4S. The van der Waals surface area contributed by atoms with E-state index < -0.39 is 11.2 Å². The molecule has 168 valence electrons. The maximum absolute atomic E-state index is 13.2. The molecule has 0 fully saturated rings. The minimum Gasteiger partial charge on any atom is -0.465 e. The first kappa shape index (κ1) is 23.8. The van der Waals surface area contributed by atoms with Gasteiger partial charge in [0, 0.05) is 6.54 Å². The Bertz CT molecular complexity index is 1230. The van der Waals surface area contributed by atoms with Crippen molar-refractivity contribution in [2.75, 3.05) is 12.4 Å². The summed E-state index contributed by atoms with van der Waals surface area (Å²) in [6.45, 7) is 6.18. The van der Waals surface area contributed by atoms with Crippen LogP contribution in [0.3, 0.4) is 0 Å². The van der Waals surface area contributed by atoms with Gasteiger partial charge in [0.25, 0.3) is 5.56 Å². The Labute approximate surface area is 195 Å². The number of carbonyl (C=O) groups is 2. The number of nitrogens with one attached hydrogen (secondary N) is 1. The first-order chi connectivity index (χ1) is 15.2. The van der Waals surface area contributed by atoms with Gasteiger partial charge in [0.05, 0.1) is 39.5 Å². The first-order valence-corrected chi connectivity index (χ1v) is 11.3. The van der Waals surface area contributed by atoms with E-state index in [1.165, 1.54) is 24.9 Å². The largest absolute Gasteiger partial charge is 0.465 e. The molecule has 1 heterocycles. The van der Waals surface area contributed by atoms with Crippen LogP contribution in [0.25, 0.3) is 10.9 Å². The highest BCUT2D eigenvalue weighted by Gasteiger charge is 2.21. The fourth-order valence-electron chi connectivity index (χ4n) is 3.07. The second kappa shape index (κ2) is 10.2. The summed E-state index contributed by atoms with van der Waals surface area (Å²) in [7, 11) is 1.29. The fourth-order valence-corrected chi connectivity index (χ4v) is 4.17. The zero-order chi connectivity index (χ0) is 23.4. The van der Waals surface area contributed by atoms with Gasteiger partial charge in [0.15, 0.2) is 5.16 Å². The lowest BCUT2D eigenvalue weighted by molar-refractivity contribution is -0.115. The smallest absolute Gasteiger partial charge is 0.337 e. The molecule has 3 aromatic rings. The Morgan fingerprint density at radius 2 is 1.91 bits per heavy atom. The minimum atomic E-state index is -0.558. The molecule has 3 rings (SSSR count). The van der Waals surface area contributed by atoms with Crippen LogP contribution in [0.4, 0.5) is 5.69 Å². The van der Waals surface area contributed by atoms with Gasteiger partial charge in [0.2, 0.25) is 5.91 Å². The lowest BCUT2D eigenvalue weighted by Gasteiger charge is -2.18. The standard InChI is InChI=1S/C23H24ClN3O4S/c1-13(2)12-27-21(29)16-10-9-15(22(30)31-4)11-19(16)26-23(27)32-14(3)20(28)25-18-8-6-5-7-17(18)24/h5-11,13-14H,12H2,1-4H3,(H,25,28)/t14-/m1/s1. The molecule has 2 aromatic carbocycles. The monoisotopic (exact) mass is 473 g/mol. The van der Waals surface area contributed by atoms with Crippen molar-refractivity contribution >= 4 is 51.8 Å². The highest BCUT2D eigenvalue weighted by atomic mass is 35.5. The molecular weight excluding hydrogens is 450 g/mol. The van der Waals surface area contributed by atoms with Crippen molar-refractivity contribution in [2.24, 2.45) is 5.92 Å². The molecule has 0 unspecified atom stereocenters. The Morgan fingerprint density at radius 1 is 1.19 bits per heavy atom. The first-order valence-electron chi connectivity index (χ1n) is 10.1. The van der Waals surface area contributed by atoms with Crippen molar-refractivity contribution in [1.82, 2.24) is 9.55 Å². The van der Waals surface area contributed by atoms with Gasteiger partial charge in [0.1, 0.15) is 0 Å². The number of thioether (sulfide) groups is 1. The topological polar surface area (TPSA) is 90.3 Å². The molecule has 0 aliphatic heterocycles. The van der Waals surface area contributed by atoms with Crippen molar-refractivity contribution in [1.29, 1.82) is 0 Å². The summed E-state index contributed by atoms with van der Waals surface area (Å²) in [5.74, 6) is -0.591. The average molecular weight is 474 g/mol. The van der Waals surface area contributed by atoms with Crippen LogP contribution < -0.4 is 10.9 Å². The van der Waals surface area contributed by atoms with Gasteiger partial charge in [-0.2, -0.15) is 0 Å². The number of esters is 1. The number of aromatic nitrogens is 2. The van der Waals surface area contributed by atoms with E-state index in [9.17, 15) is 14.4 Å². The lowest BCUT2D eigenvalue weighted by atomic mass is 10.1. The van der Waals surface area contributed by atoms with Crippen LogP contribution in [0.15, 0.2) is 52.4 Å². The molecule has 0 aliphatic carbocycles. The van der Waals surface area contributed by atoms with Gasteiger partial charge < -0.3 is 10.1 Å². The van der Waals surface area contributed by atoms with Crippen LogP contribution in [0.1, 0.15) is 31.1 Å². The number of amides is 1. The normalized spacial score (nSPS) is 12.1. The Kier molecular flexibility index (Phi) is 7.58. The van der Waals surface area contributed by atoms with Gasteiger partial charge in [-0.3, -0.25) is 14.2 Å². The highest BCUT2D eigenvalue weighted by Crippen LogP contribution is 2.26. The summed E-state index contributed by atoms with van der Waals surface area (Å²) in [5.41, 5.74) is 0.967. The van der Waals surface area contributed by atoms with Gasteiger partial charge in [-0.25, -0.2) is 9.78 Å². The molecule has 7 nitrogen and oxygen atoms in total. The number of para-hydroxylation sites is 1. The molecule has 1 N–H and O–H groups in total. The zero-order valence-corrected chi connectivity index (χ0v) is 19.8. The Morgan fingerprint density at radius 3 is 2.56 bits per heavy atom. The summed E-state index contributed by atoms with van der Waals surface area (Å²) in [5, 5.41) is 3.49. The van der Waals surface area contributed by atoms with Crippen molar-refractivity contribution in [3.8, 4) is 0 Å². The third kappa shape index (κ3) is 5.31. The average Bonchev–Trinajstić information content (AvgIpc) is 2.76. The molecule has 1 amide bonds. The molecule has 9 heteroatoms. The van der Waals surface area contributed by atoms with Gasteiger partial charge in [-0.05, 0) is 43.2 Å². The molecule has 0 radical (unpaired) electrons. The molecule has 0 bridgehead atoms. The number of halogens is 1. The summed E-state index contributed by atoms with van der Waals surface area (Å²) in [4.78, 5) is 42.5. The van der Waals surface area contributed by atoms with E-state index in [0.29, 0.717) is 38.9 Å². The van der Waals surface area contributed by atoms with E-state index >= 15 is 0 Å². The van der Waals surface area contributed by atoms with Crippen LogP contribution in [-0.4, -0.2) is 33.8 Å². The van der Waals surface area contributed by atoms with Crippen LogP contribution >= 0.6 is 23.4 Å². The summed E-state index contributed by atoms with van der Waals surface area (Å²) in [6.07, 6.45) is 0. The zero-order valence-electron chi connectivity index (χ0n) is 18.2. The fraction of sp³-hybridized carbons (Fsp3) is 0.304. The van der Waals surface area contributed by atoms with E-state index in [0.717, 1.165) is 0 Å². The van der Waals surface area contributed by atoms with E-state index in [1.54, 1.807) is 47.9 Å². The van der Waals surface area contributed by atoms with Crippen LogP contribution in [0.2, 0.25) is 5.02 Å². The number of anilines is 1. The van der Waals surface area contributed by atoms with Crippen molar-refractivity contribution in [2.45, 2.75) is 37.7 Å². The van der Waals surface area contributed by atoms with E-state index in [1.807, 2.05) is 13.8 Å². The number of carbonyl (C=O) groups excluding carboxylic acids is 2. The predicted molar refractivity (Wildman–Crippen MR) is 128 cm³/mol. The number of hydrogen-bond acceptors (Lipinski definition) is 6. The van der Waals surface area contributed by atoms with Crippen LogP contribution in [0.5, 0.6) is 0 Å². The van der Waals surface area contributed by atoms with E-state index in [2.05, 4.69) is 10.3 Å². The number of ether oxygens (including phenoxy) is 1. The van der Waals surface area contributed by atoms with Crippen molar-refractivity contribution in [3.63, 3.8) is 0 Å². The summed E-state index contributed by atoms with van der Waals surface area (Å²) in [6, 6.07) is 11.6. The maximum atomic E-state index is 13.2. The van der Waals surface area contributed by atoms with Gasteiger partial charge in [-0.1, -0.05) is 49.3 Å². The summed E-state index contributed by atoms with van der Waals surface area (Å²) >= 11 is 7.31. The predicted octanol–water partition coefficient (Wildman–Crippen LogP) is 4.61. The molecule has 0 saturated heterocycles. The number of benzene rings is 2. The van der Waals surface area contributed by atoms with Crippen LogP contribution in [-0.2, 0) is 16.1 Å². The quantitative estimate of drug-likeness (QED) is 0.306. The van der Waals surface area contributed by atoms with Crippen LogP contribution in [0, 0.1) is 5.92 Å². The van der Waals surface area contributed by atoms with Gasteiger partial charge in [-0.15, -0.1) is 0 Å². The second-order valence-corrected chi connectivity index (χ2v) is 9.37. The maximum Gasteiger partial charge on any atom is 0.337 e. The molecule has 32 heavy (non-hydrogen) atoms. The third-order valence-electron chi connectivity index (χ3n) is 4.67. The van der Waals surface area contributed by atoms with Gasteiger partial charge >= 0.3 is 5.97 Å². The molecule has 1 aromatic heterocycles. The highest BCUT2D eigenvalue weighted by molar-refractivity contribution is 8.00. The van der Waals surface area contributed by atoms with E-state index in [-0.39, 0.29) is 17.4 Å². The number of nitrogens with zero attached hydrogens (tertiary/aromatic N) is 2. The SMILES string of the molecule is COC(=O)c1ccc2c(=O)n(CC(C)C)c(S[C@H](C)C(=O)Nc3ccccc3Cl)nc2c1. The lowest BCUT2D eigenvalue weighted by Crippen LogP contribution is -2.28.